The minimum atomic E-state index is 0.686. The van der Waals surface area contributed by atoms with Crippen LogP contribution in [0.25, 0.3) is 122 Å². The van der Waals surface area contributed by atoms with E-state index in [0.29, 0.717) is 5.82 Å². The zero-order valence-electron chi connectivity index (χ0n) is 33.1. The molecule has 2 aromatic heterocycles. The monoisotopic (exact) mass is 776 g/mol. The molecule has 0 aliphatic rings. The first kappa shape index (κ1) is 34.9. The fourth-order valence-electron chi connectivity index (χ4n) is 8.96. The fraction of sp³-hybridized carbons (Fsp3) is 0. The molecule has 2 heterocycles. The molecule has 0 saturated carbocycles. The average Bonchev–Trinajstić information content (AvgIpc) is 3.78. The van der Waals surface area contributed by atoms with Crippen LogP contribution in [0.4, 0.5) is 0 Å². The van der Waals surface area contributed by atoms with Crippen LogP contribution in [0.5, 0.6) is 0 Å². The van der Waals surface area contributed by atoms with Crippen LogP contribution < -0.4 is 0 Å². The second kappa shape index (κ2) is 14.3. The lowest BCUT2D eigenvalue weighted by Gasteiger charge is -2.14. The lowest BCUT2D eigenvalue weighted by molar-refractivity contribution is 0.631. The Kier molecular flexibility index (Phi) is 8.17. The highest BCUT2D eigenvalue weighted by Gasteiger charge is 2.15. The number of hydrogen-bond donors (Lipinski definition) is 0. The molecular formula is C58H36N2O. The summed E-state index contributed by atoms with van der Waals surface area (Å²) in [6.07, 6.45) is 0. The molecule has 12 aromatic rings. The predicted octanol–water partition coefficient (Wildman–Crippen LogP) is 15.8. The van der Waals surface area contributed by atoms with Gasteiger partial charge in [0.05, 0.1) is 11.4 Å². The Balaban J connectivity index is 0.899. The molecule has 0 bridgehead atoms. The third kappa shape index (κ3) is 6.23. The molecule has 0 amide bonds. The van der Waals surface area contributed by atoms with Gasteiger partial charge < -0.3 is 4.42 Å². The third-order valence-corrected chi connectivity index (χ3v) is 12.0. The maximum Gasteiger partial charge on any atom is 0.160 e. The molecule has 0 aliphatic carbocycles. The molecule has 0 N–H and O–H groups in total. The lowest BCUT2D eigenvalue weighted by Crippen LogP contribution is -1.96. The molecule has 0 aliphatic heterocycles. The van der Waals surface area contributed by atoms with Gasteiger partial charge in [-0.1, -0.05) is 176 Å². The highest BCUT2D eigenvalue weighted by molar-refractivity contribution is 6.20. The Morgan fingerprint density at radius 2 is 0.869 bits per heavy atom. The number of furan rings is 1. The van der Waals surface area contributed by atoms with E-state index in [0.717, 1.165) is 55.8 Å². The van der Waals surface area contributed by atoms with Crippen LogP contribution in [0.2, 0.25) is 0 Å². The van der Waals surface area contributed by atoms with Gasteiger partial charge in [-0.2, -0.15) is 0 Å². The van der Waals surface area contributed by atoms with Crippen LogP contribution in [0.15, 0.2) is 223 Å². The van der Waals surface area contributed by atoms with Crippen molar-refractivity contribution in [2.75, 3.05) is 0 Å². The smallest absolute Gasteiger partial charge is 0.160 e. The van der Waals surface area contributed by atoms with E-state index >= 15 is 0 Å². The van der Waals surface area contributed by atoms with Gasteiger partial charge in [-0.15, -0.1) is 0 Å². The first-order chi connectivity index (χ1) is 30.2. The molecule has 284 valence electrons. The average molecular weight is 777 g/mol. The number of nitrogens with zero attached hydrogens (tertiary/aromatic N) is 2. The van der Waals surface area contributed by atoms with Crippen molar-refractivity contribution in [3.63, 3.8) is 0 Å². The Morgan fingerprint density at radius 3 is 1.67 bits per heavy atom. The molecule has 3 nitrogen and oxygen atoms in total. The van der Waals surface area contributed by atoms with Crippen molar-refractivity contribution in [1.29, 1.82) is 0 Å². The predicted molar refractivity (Wildman–Crippen MR) is 254 cm³/mol. The molecule has 0 unspecified atom stereocenters. The van der Waals surface area contributed by atoms with Crippen molar-refractivity contribution >= 4 is 54.1 Å². The van der Waals surface area contributed by atoms with Gasteiger partial charge in [-0.05, 0) is 108 Å². The zero-order chi connectivity index (χ0) is 40.3. The maximum absolute atomic E-state index is 6.24. The zero-order valence-corrected chi connectivity index (χ0v) is 33.1. The van der Waals surface area contributed by atoms with E-state index in [4.69, 9.17) is 14.4 Å². The normalized spacial score (nSPS) is 11.6. The molecular weight excluding hydrogens is 741 g/mol. The Morgan fingerprint density at radius 1 is 0.279 bits per heavy atom. The third-order valence-electron chi connectivity index (χ3n) is 12.0. The van der Waals surface area contributed by atoms with Crippen LogP contribution in [0.1, 0.15) is 0 Å². The second-order valence-corrected chi connectivity index (χ2v) is 15.8. The van der Waals surface area contributed by atoms with Crippen LogP contribution in [0, 0.1) is 0 Å². The van der Waals surface area contributed by atoms with Gasteiger partial charge >= 0.3 is 0 Å². The largest absolute Gasteiger partial charge is 0.456 e. The van der Waals surface area contributed by atoms with Crippen molar-refractivity contribution in [2.45, 2.75) is 0 Å². The minimum Gasteiger partial charge on any atom is -0.456 e. The van der Waals surface area contributed by atoms with Crippen LogP contribution >= 0.6 is 0 Å². The standard InChI is InChI=1S/C58H36N2O/c1-2-12-40(13-3-1)58-59-53(45-16-10-17-47(33-45)56-35-48-15-6-9-20-55(48)61-56)36-54(60-58)46-28-27-42-31-41(25-26-43(42)32-46)37-21-23-39(24-22-37)57-50-19-8-5-14-44(50)34-52-49-18-7-4-11-38(49)29-30-51(52)57/h1-36H. The molecule has 0 atom stereocenters. The number of fused-ring (bicyclic) bond motifs is 6. The van der Waals surface area contributed by atoms with Gasteiger partial charge in [-0.25, -0.2) is 9.97 Å². The Labute approximate surface area is 352 Å². The summed E-state index contributed by atoms with van der Waals surface area (Å²) in [5.41, 5.74) is 11.5. The molecule has 61 heavy (non-hydrogen) atoms. The molecule has 3 heteroatoms. The number of rotatable bonds is 6. The van der Waals surface area contributed by atoms with Crippen LogP contribution in [-0.4, -0.2) is 9.97 Å². The first-order valence-electron chi connectivity index (χ1n) is 20.7. The summed E-state index contributed by atoms with van der Waals surface area (Å²) in [6.45, 7) is 0. The first-order valence-corrected chi connectivity index (χ1v) is 20.7. The van der Waals surface area contributed by atoms with Gasteiger partial charge in [0.15, 0.2) is 5.82 Å². The quantitative estimate of drug-likeness (QED) is 0.125. The van der Waals surface area contributed by atoms with Crippen molar-refractivity contribution in [3.05, 3.63) is 218 Å². The van der Waals surface area contributed by atoms with Crippen molar-refractivity contribution in [1.82, 2.24) is 9.97 Å². The summed E-state index contributed by atoms with van der Waals surface area (Å²) >= 11 is 0. The molecule has 10 aromatic carbocycles. The van der Waals surface area contributed by atoms with Gasteiger partial charge in [0.25, 0.3) is 0 Å². The highest BCUT2D eigenvalue weighted by Crippen LogP contribution is 2.40. The fourth-order valence-corrected chi connectivity index (χ4v) is 8.96. The summed E-state index contributed by atoms with van der Waals surface area (Å²) in [4.78, 5) is 10.2. The van der Waals surface area contributed by atoms with E-state index in [1.165, 1.54) is 60.0 Å². The van der Waals surface area contributed by atoms with Crippen molar-refractivity contribution in [3.8, 4) is 67.5 Å². The molecule has 0 saturated heterocycles. The van der Waals surface area contributed by atoms with E-state index in [-0.39, 0.29) is 0 Å². The second-order valence-electron chi connectivity index (χ2n) is 15.8. The van der Waals surface area contributed by atoms with Crippen LogP contribution in [0.3, 0.4) is 0 Å². The topological polar surface area (TPSA) is 38.9 Å². The van der Waals surface area contributed by atoms with Crippen molar-refractivity contribution in [2.24, 2.45) is 0 Å². The van der Waals surface area contributed by atoms with Gasteiger partial charge in [0.1, 0.15) is 11.3 Å². The molecule has 0 spiro atoms. The lowest BCUT2D eigenvalue weighted by atomic mass is 9.89. The summed E-state index contributed by atoms with van der Waals surface area (Å²) < 4.78 is 6.24. The van der Waals surface area contributed by atoms with E-state index in [2.05, 4.69) is 182 Å². The minimum absolute atomic E-state index is 0.686. The maximum atomic E-state index is 6.24. The molecule has 0 radical (unpaired) electrons. The van der Waals surface area contributed by atoms with E-state index < -0.39 is 0 Å². The highest BCUT2D eigenvalue weighted by atomic mass is 16.3. The Hall–Kier alpha value is -8.14. The van der Waals surface area contributed by atoms with Gasteiger partial charge in [0.2, 0.25) is 0 Å². The molecule has 0 fully saturated rings. The summed E-state index contributed by atoms with van der Waals surface area (Å²) in [6, 6.07) is 77.7. The number of benzene rings is 10. The SMILES string of the molecule is c1ccc(-c2nc(-c3cccc(-c4cc5ccccc5o4)c3)cc(-c3ccc4cc(-c5ccc(-c6c7ccccc7cc7c6ccc6ccccc67)cc5)ccc4c3)n2)cc1. The summed E-state index contributed by atoms with van der Waals surface area (Å²) in [7, 11) is 0. The van der Waals surface area contributed by atoms with Crippen LogP contribution in [-0.2, 0) is 0 Å². The summed E-state index contributed by atoms with van der Waals surface area (Å²) in [5.74, 6) is 1.52. The van der Waals surface area contributed by atoms with Gasteiger partial charge in [0, 0.05) is 27.6 Å². The van der Waals surface area contributed by atoms with E-state index in [9.17, 15) is 0 Å². The molecule has 12 rings (SSSR count). The van der Waals surface area contributed by atoms with Gasteiger partial charge in [-0.3, -0.25) is 0 Å². The van der Waals surface area contributed by atoms with E-state index in [1.807, 2.05) is 36.4 Å². The van der Waals surface area contributed by atoms with E-state index in [1.54, 1.807) is 0 Å². The number of para-hydroxylation sites is 1. The van der Waals surface area contributed by atoms with Crippen molar-refractivity contribution < 1.29 is 4.42 Å². The Bertz CT molecular complexity index is 3610. The summed E-state index contributed by atoms with van der Waals surface area (Å²) in [5, 5.41) is 11.0. The number of aromatic nitrogens is 2. The number of hydrogen-bond acceptors (Lipinski definition) is 3.